The van der Waals surface area contributed by atoms with Gasteiger partial charge in [-0.15, -0.1) is 0 Å². The lowest BCUT2D eigenvalue weighted by Crippen LogP contribution is -2.10. The van der Waals surface area contributed by atoms with E-state index in [1.54, 1.807) is 7.11 Å². The Kier molecular flexibility index (Phi) is 3.10. The highest BCUT2D eigenvalue weighted by Crippen LogP contribution is 2.22. The lowest BCUT2D eigenvalue weighted by atomic mass is 10.0. The molecule has 2 rings (SSSR count). The van der Waals surface area contributed by atoms with Crippen LogP contribution < -0.4 is 10.5 Å². The zero-order chi connectivity index (χ0) is 12.3. The fraction of sp³-hybridized carbons (Fsp3) is 0.0714. The van der Waals surface area contributed by atoms with Crippen molar-refractivity contribution in [3.8, 4) is 16.9 Å². The molecule has 17 heavy (non-hydrogen) atoms. The summed E-state index contributed by atoms with van der Waals surface area (Å²) in [7, 11) is 1.65. The average molecular weight is 226 g/mol. The van der Waals surface area contributed by atoms with Crippen molar-refractivity contribution in [3.63, 3.8) is 0 Å². The van der Waals surface area contributed by atoms with Gasteiger partial charge in [-0.25, -0.2) is 0 Å². The van der Waals surface area contributed by atoms with Gasteiger partial charge in [0.1, 0.15) is 11.6 Å². The molecule has 0 aliphatic heterocycles. The minimum atomic E-state index is 0.0891. The predicted octanol–water partition coefficient (Wildman–Crippen LogP) is 2.65. The van der Waals surface area contributed by atoms with Crippen molar-refractivity contribution in [1.29, 1.82) is 5.41 Å². The van der Waals surface area contributed by atoms with Crippen molar-refractivity contribution in [2.75, 3.05) is 7.11 Å². The summed E-state index contributed by atoms with van der Waals surface area (Å²) in [5.41, 5.74) is 8.35. The van der Waals surface area contributed by atoms with E-state index in [1.165, 1.54) is 0 Å². The second kappa shape index (κ2) is 4.70. The highest BCUT2D eigenvalue weighted by atomic mass is 16.5. The lowest BCUT2D eigenvalue weighted by molar-refractivity contribution is 0.415. The summed E-state index contributed by atoms with van der Waals surface area (Å²) in [5, 5.41) is 7.32. The number of hydrogen-bond acceptors (Lipinski definition) is 2. The number of ether oxygens (including phenoxy) is 1. The number of nitrogen functional groups attached to an aromatic ring is 1. The van der Waals surface area contributed by atoms with Gasteiger partial charge in [0.15, 0.2) is 0 Å². The Morgan fingerprint density at radius 1 is 0.941 bits per heavy atom. The van der Waals surface area contributed by atoms with Crippen LogP contribution in [0.25, 0.3) is 11.1 Å². The predicted molar refractivity (Wildman–Crippen MR) is 69.4 cm³/mol. The van der Waals surface area contributed by atoms with Crippen molar-refractivity contribution >= 4 is 5.84 Å². The maximum atomic E-state index is 7.32. The molecular weight excluding hydrogens is 212 g/mol. The number of benzene rings is 2. The molecule has 0 saturated heterocycles. The maximum Gasteiger partial charge on any atom is 0.122 e. The van der Waals surface area contributed by atoms with Crippen LogP contribution in [0.4, 0.5) is 0 Å². The third-order valence-electron chi connectivity index (χ3n) is 2.62. The smallest absolute Gasteiger partial charge is 0.122 e. The first-order valence-corrected chi connectivity index (χ1v) is 5.29. The van der Waals surface area contributed by atoms with Crippen molar-refractivity contribution < 1.29 is 4.74 Å². The van der Waals surface area contributed by atoms with E-state index in [4.69, 9.17) is 15.9 Å². The number of nitrogens with one attached hydrogen (secondary N) is 1. The van der Waals surface area contributed by atoms with Crippen molar-refractivity contribution in [2.24, 2.45) is 5.73 Å². The molecule has 0 aliphatic rings. The van der Waals surface area contributed by atoms with Crippen LogP contribution in [0.1, 0.15) is 5.56 Å². The summed E-state index contributed by atoms with van der Waals surface area (Å²) in [6, 6.07) is 15.5. The van der Waals surface area contributed by atoms with E-state index in [0.29, 0.717) is 0 Å². The molecule has 0 bridgehead atoms. The van der Waals surface area contributed by atoms with Gasteiger partial charge < -0.3 is 10.5 Å². The summed E-state index contributed by atoms with van der Waals surface area (Å²) in [6.45, 7) is 0. The van der Waals surface area contributed by atoms with Gasteiger partial charge in [-0.3, -0.25) is 5.41 Å². The number of nitrogens with two attached hydrogens (primary N) is 1. The Labute approximate surface area is 100 Å². The maximum absolute atomic E-state index is 7.32. The van der Waals surface area contributed by atoms with E-state index in [9.17, 15) is 0 Å². The van der Waals surface area contributed by atoms with Crippen molar-refractivity contribution in [1.82, 2.24) is 0 Å². The molecule has 2 aromatic rings. The molecule has 3 heteroatoms. The molecule has 0 heterocycles. The average Bonchev–Trinajstić information content (AvgIpc) is 2.39. The topological polar surface area (TPSA) is 59.1 Å². The van der Waals surface area contributed by atoms with Gasteiger partial charge in [-0.1, -0.05) is 36.4 Å². The van der Waals surface area contributed by atoms with Crippen LogP contribution in [0, 0.1) is 5.41 Å². The van der Waals surface area contributed by atoms with E-state index in [0.717, 1.165) is 22.4 Å². The molecule has 0 aromatic heterocycles. The van der Waals surface area contributed by atoms with Crippen LogP contribution in [0.15, 0.2) is 48.5 Å². The minimum Gasteiger partial charge on any atom is -0.497 e. The van der Waals surface area contributed by atoms with E-state index in [-0.39, 0.29) is 5.84 Å². The second-order valence-corrected chi connectivity index (χ2v) is 3.72. The largest absolute Gasteiger partial charge is 0.497 e. The van der Waals surface area contributed by atoms with Gasteiger partial charge in [0.05, 0.1) is 7.11 Å². The number of hydrogen-bond donors (Lipinski definition) is 2. The highest BCUT2D eigenvalue weighted by molar-refractivity contribution is 5.95. The normalized spacial score (nSPS) is 9.94. The third-order valence-corrected chi connectivity index (χ3v) is 2.62. The first kappa shape index (κ1) is 11.2. The Balaban J connectivity index is 2.29. The molecular formula is C14H14N2O. The molecule has 3 N–H and O–H groups in total. The molecule has 3 nitrogen and oxygen atoms in total. The molecule has 0 spiro atoms. The lowest BCUT2D eigenvalue weighted by Gasteiger charge is -2.05. The quantitative estimate of drug-likeness (QED) is 0.624. The van der Waals surface area contributed by atoms with Crippen LogP contribution in [-0.2, 0) is 0 Å². The Hall–Kier alpha value is -2.29. The molecule has 0 saturated carbocycles. The highest BCUT2D eigenvalue weighted by Gasteiger charge is 2.00. The molecule has 0 radical (unpaired) electrons. The Bertz CT molecular complexity index is 515. The summed E-state index contributed by atoms with van der Waals surface area (Å²) < 4.78 is 5.11. The fourth-order valence-electron chi connectivity index (χ4n) is 1.63. The Morgan fingerprint density at radius 2 is 1.41 bits per heavy atom. The van der Waals surface area contributed by atoms with E-state index < -0.39 is 0 Å². The van der Waals surface area contributed by atoms with E-state index in [2.05, 4.69) is 0 Å². The zero-order valence-electron chi connectivity index (χ0n) is 9.60. The SMILES string of the molecule is COc1ccc(-c2ccc(C(=N)N)cc2)cc1. The van der Waals surface area contributed by atoms with Crippen LogP contribution in [0.5, 0.6) is 5.75 Å². The molecule has 2 aromatic carbocycles. The van der Waals surface area contributed by atoms with Gasteiger partial charge in [-0.2, -0.15) is 0 Å². The number of rotatable bonds is 3. The molecule has 0 fully saturated rings. The van der Waals surface area contributed by atoms with Gasteiger partial charge in [0.2, 0.25) is 0 Å². The third kappa shape index (κ3) is 2.45. The van der Waals surface area contributed by atoms with Crippen LogP contribution >= 0.6 is 0 Å². The fourth-order valence-corrected chi connectivity index (χ4v) is 1.63. The summed E-state index contributed by atoms with van der Waals surface area (Å²) in [5.74, 6) is 0.931. The van der Waals surface area contributed by atoms with Crippen LogP contribution in [0.3, 0.4) is 0 Å². The van der Waals surface area contributed by atoms with Gasteiger partial charge in [-0.05, 0) is 23.3 Å². The van der Waals surface area contributed by atoms with Gasteiger partial charge >= 0.3 is 0 Å². The molecule has 0 unspecified atom stereocenters. The van der Waals surface area contributed by atoms with Gasteiger partial charge in [0.25, 0.3) is 0 Å². The Morgan fingerprint density at radius 3 is 1.82 bits per heavy atom. The standard InChI is InChI=1S/C14H14N2O/c1-17-13-8-6-11(7-9-13)10-2-4-12(5-3-10)14(15)16/h2-9H,1H3,(H3,15,16). The number of methoxy groups -OCH3 is 1. The number of amidine groups is 1. The summed E-state index contributed by atoms with van der Waals surface area (Å²) in [4.78, 5) is 0. The van der Waals surface area contributed by atoms with Crippen molar-refractivity contribution in [3.05, 3.63) is 54.1 Å². The van der Waals surface area contributed by atoms with Crippen LogP contribution in [0.2, 0.25) is 0 Å². The summed E-state index contributed by atoms with van der Waals surface area (Å²) >= 11 is 0. The second-order valence-electron chi connectivity index (χ2n) is 3.72. The molecule has 86 valence electrons. The summed E-state index contributed by atoms with van der Waals surface area (Å²) in [6.07, 6.45) is 0. The van der Waals surface area contributed by atoms with Crippen molar-refractivity contribution in [2.45, 2.75) is 0 Å². The first-order chi connectivity index (χ1) is 8.20. The zero-order valence-corrected chi connectivity index (χ0v) is 9.60. The molecule has 0 aliphatic carbocycles. The van der Waals surface area contributed by atoms with Crippen LogP contribution in [-0.4, -0.2) is 12.9 Å². The minimum absolute atomic E-state index is 0.0891. The molecule has 0 atom stereocenters. The monoisotopic (exact) mass is 226 g/mol. The molecule has 0 amide bonds. The van der Waals surface area contributed by atoms with Gasteiger partial charge in [0, 0.05) is 5.56 Å². The first-order valence-electron chi connectivity index (χ1n) is 5.29. The van der Waals surface area contributed by atoms with E-state index >= 15 is 0 Å². The van der Waals surface area contributed by atoms with E-state index in [1.807, 2.05) is 48.5 Å².